The maximum Gasteiger partial charge on any atom is 0.257 e. The molecule has 2 aromatic rings. The van der Waals surface area contributed by atoms with Crippen LogP contribution in [0.5, 0.6) is 0 Å². The van der Waals surface area contributed by atoms with Gasteiger partial charge in [-0.1, -0.05) is 29.8 Å². The molecule has 0 unspecified atom stereocenters. The number of ether oxygens (including phenoxy) is 2. The highest BCUT2D eigenvalue weighted by Crippen LogP contribution is 2.13. The number of hydrogen-bond acceptors (Lipinski definition) is 5. The number of anilines is 1. The fourth-order valence-electron chi connectivity index (χ4n) is 2.38. The molecule has 0 bridgehead atoms. The molecule has 3 N–H and O–H groups in total. The Balaban J connectivity index is 1.59. The third-order valence-corrected chi connectivity index (χ3v) is 3.81. The van der Waals surface area contributed by atoms with Crippen LogP contribution in [0.2, 0.25) is 0 Å². The van der Waals surface area contributed by atoms with Crippen molar-refractivity contribution in [3.8, 4) is 0 Å². The highest BCUT2D eigenvalue weighted by molar-refractivity contribution is 6.03. The summed E-state index contributed by atoms with van der Waals surface area (Å²) in [5.41, 5.74) is 2.40. The molecule has 1 aromatic heterocycles. The van der Waals surface area contributed by atoms with Crippen molar-refractivity contribution < 1.29 is 19.1 Å². The molecule has 1 aliphatic heterocycles. The first-order valence-corrected chi connectivity index (χ1v) is 8.01. The molecule has 1 aliphatic rings. The zero-order valence-corrected chi connectivity index (χ0v) is 13.9. The molecule has 132 valence electrons. The predicted octanol–water partition coefficient (Wildman–Crippen LogP) is 1.00. The normalized spacial score (nSPS) is 17.1. The monoisotopic (exact) mass is 344 g/mol. The molecule has 1 saturated heterocycles. The lowest BCUT2D eigenvalue weighted by atomic mass is 10.1. The summed E-state index contributed by atoms with van der Waals surface area (Å²) in [7, 11) is 0. The first-order valence-electron chi connectivity index (χ1n) is 8.01. The summed E-state index contributed by atoms with van der Waals surface area (Å²) in [4.78, 5) is 24.5. The molecular weight excluding hydrogens is 324 g/mol. The van der Waals surface area contributed by atoms with Gasteiger partial charge in [0.25, 0.3) is 11.8 Å². The minimum absolute atomic E-state index is 0.189. The number of aryl methyl sites for hydroxylation is 1. The smallest absolute Gasteiger partial charge is 0.257 e. The Hall–Kier alpha value is -2.71. The van der Waals surface area contributed by atoms with Gasteiger partial charge in [-0.2, -0.15) is 5.10 Å². The lowest BCUT2D eigenvalue weighted by Gasteiger charge is -2.21. The number of aromatic amines is 1. The van der Waals surface area contributed by atoms with Crippen LogP contribution in [0.4, 0.5) is 5.82 Å². The van der Waals surface area contributed by atoms with E-state index in [4.69, 9.17) is 9.47 Å². The number of carbonyl (C=O) groups excluding carboxylic acids is 2. The van der Waals surface area contributed by atoms with Crippen molar-refractivity contribution in [2.45, 2.75) is 19.6 Å². The second-order valence-corrected chi connectivity index (χ2v) is 5.75. The van der Waals surface area contributed by atoms with Gasteiger partial charge in [-0.25, -0.2) is 0 Å². The highest BCUT2D eigenvalue weighted by Gasteiger charge is 2.25. The lowest BCUT2D eigenvalue weighted by molar-refractivity contribution is -0.142. The molecule has 1 atom stereocenters. The van der Waals surface area contributed by atoms with Crippen LogP contribution in [-0.2, 0) is 20.8 Å². The molecule has 2 amide bonds. The van der Waals surface area contributed by atoms with Crippen LogP contribution in [0.25, 0.3) is 0 Å². The maximum atomic E-state index is 12.3. The van der Waals surface area contributed by atoms with Gasteiger partial charge in [0, 0.05) is 6.54 Å². The molecule has 8 nitrogen and oxygen atoms in total. The zero-order chi connectivity index (χ0) is 17.6. The van der Waals surface area contributed by atoms with Crippen LogP contribution in [0.1, 0.15) is 21.5 Å². The molecule has 8 heteroatoms. The second-order valence-electron chi connectivity index (χ2n) is 5.75. The Kier molecular flexibility index (Phi) is 5.42. The molecule has 0 saturated carbocycles. The van der Waals surface area contributed by atoms with Crippen molar-refractivity contribution in [1.29, 1.82) is 0 Å². The van der Waals surface area contributed by atoms with Crippen molar-refractivity contribution in [2.24, 2.45) is 0 Å². The van der Waals surface area contributed by atoms with E-state index in [-0.39, 0.29) is 29.8 Å². The summed E-state index contributed by atoms with van der Waals surface area (Å²) in [6.45, 7) is 3.42. The first kappa shape index (κ1) is 17.1. The number of H-pyrrole nitrogens is 1. The van der Waals surface area contributed by atoms with Gasteiger partial charge in [0.15, 0.2) is 6.10 Å². The number of rotatable bonds is 5. The van der Waals surface area contributed by atoms with Crippen LogP contribution in [0.3, 0.4) is 0 Å². The molecule has 1 fully saturated rings. The fraction of sp³-hybridized carbons (Fsp3) is 0.353. The van der Waals surface area contributed by atoms with E-state index in [0.717, 1.165) is 11.1 Å². The molecular formula is C17H20N4O4. The van der Waals surface area contributed by atoms with Crippen LogP contribution >= 0.6 is 0 Å². The van der Waals surface area contributed by atoms with Gasteiger partial charge < -0.3 is 20.1 Å². The van der Waals surface area contributed by atoms with E-state index in [0.29, 0.717) is 19.8 Å². The summed E-state index contributed by atoms with van der Waals surface area (Å²) < 4.78 is 10.5. The van der Waals surface area contributed by atoms with Crippen LogP contribution < -0.4 is 10.6 Å². The van der Waals surface area contributed by atoms with E-state index in [1.54, 1.807) is 0 Å². The summed E-state index contributed by atoms with van der Waals surface area (Å²) in [5, 5.41) is 11.9. The van der Waals surface area contributed by atoms with E-state index in [9.17, 15) is 9.59 Å². The Morgan fingerprint density at radius 3 is 2.80 bits per heavy atom. The maximum absolute atomic E-state index is 12.3. The molecule has 0 spiro atoms. The van der Waals surface area contributed by atoms with Gasteiger partial charge in [-0.15, -0.1) is 0 Å². The average Bonchev–Trinajstić information content (AvgIpc) is 3.10. The minimum atomic E-state index is -0.694. The molecule has 1 aromatic carbocycles. The predicted molar refractivity (Wildman–Crippen MR) is 90.1 cm³/mol. The van der Waals surface area contributed by atoms with Gasteiger partial charge in [0.2, 0.25) is 0 Å². The summed E-state index contributed by atoms with van der Waals surface area (Å²) in [6, 6.07) is 7.87. The number of nitrogens with zero attached hydrogens (tertiary/aromatic N) is 1. The third-order valence-electron chi connectivity index (χ3n) is 3.81. The molecule has 2 heterocycles. The van der Waals surface area contributed by atoms with Crippen molar-refractivity contribution >= 4 is 17.6 Å². The fourth-order valence-corrected chi connectivity index (χ4v) is 2.38. The average molecular weight is 344 g/mol. The molecule has 0 aliphatic carbocycles. The van der Waals surface area contributed by atoms with Gasteiger partial charge in [-0.3, -0.25) is 14.7 Å². The zero-order valence-electron chi connectivity index (χ0n) is 13.9. The van der Waals surface area contributed by atoms with E-state index in [2.05, 4.69) is 20.8 Å². The van der Waals surface area contributed by atoms with Crippen molar-refractivity contribution in [3.05, 3.63) is 47.2 Å². The second kappa shape index (κ2) is 7.91. The van der Waals surface area contributed by atoms with Crippen LogP contribution in [-0.4, -0.2) is 47.9 Å². The quantitative estimate of drug-likeness (QED) is 0.750. The summed E-state index contributed by atoms with van der Waals surface area (Å²) in [6.07, 6.45) is 0.679. The standard InChI is InChI=1S/C17H20N4O4/c1-11-2-4-12(5-3-11)8-18-16(22)13-9-19-21-15(13)20-17(23)14-10-24-6-7-25-14/h2-5,9,14H,6-8,10H2,1H3,(H,18,22)(H2,19,20,21,23)/t14-/m1/s1. The van der Waals surface area contributed by atoms with Gasteiger partial charge in [0.05, 0.1) is 26.0 Å². The Bertz CT molecular complexity index is 735. The third kappa shape index (κ3) is 4.43. The number of nitrogens with one attached hydrogen (secondary N) is 3. The van der Waals surface area contributed by atoms with E-state index in [1.165, 1.54) is 6.20 Å². The Morgan fingerprint density at radius 1 is 1.28 bits per heavy atom. The molecule has 3 rings (SSSR count). The largest absolute Gasteiger partial charge is 0.376 e. The Labute approximate surface area is 144 Å². The number of amides is 2. The topological polar surface area (TPSA) is 105 Å². The molecule has 0 radical (unpaired) electrons. The van der Waals surface area contributed by atoms with Crippen LogP contribution in [0.15, 0.2) is 30.5 Å². The highest BCUT2D eigenvalue weighted by atomic mass is 16.6. The Morgan fingerprint density at radius 2 is 2.08 bits per heavy atom. The van der Waals surface area contributed by atoms with E-state index in [1.807, 2.05) is 31.2 Å². The van der Waals surface area contributed by atoms with E-state index >= 15 is 0 Å². The minimum Gasteiger partial charge on any atom is -0.376 e. The van der Waals surface area contributed by atoms with Crippen molar-refractivity contribution in [1.82, 2.24) is 15.5 Å². The van der Waals surface area contributed by atoms with Gasteiger partial charge in [0.1, 0.15) is 11.4 Å². The van der Waals surface area contributed by atoms with Crippen molar-refractivity contribution in [2.75, 3.05) is 25.1 Å². The lowest BCUT2D eigenvalue weighted by Crippen LogP contribution is -2.39. The number of hydrogen-bond donors (Lipinski definition) is 3. The number of benzene rings is 1. The number of aromatic nitrogens is 2. The van der Waals surface area contributed by atoms with Crippen LogP contribution in [0, 0.1) is 6.92 Å². The number of carbonyl (C=O) groups is 2. The van der Waals surface area contributed by atoms with Gasteiger partial charge >= 0.3 is 0 Å². The van der Waals surface area contributed by atoms with E-state index < -0.39 is 6.10 Å². The first-order chi connectivity index (χ1) is 12.1. The molecule has 25 heavy (non-hydrogen) atoms. The summed E-state index contributed by atoms with van der Waals surface area (Å²) in [5.74, 6) is -0.470. The van der Waals surface area contributed by atoms with Crippen molar-refractivity contribution in [3.63, 3.8) is 0 Å². The summed E-state index contributed by atoms with van der Waals surface area (Å²) >= 11 is 0. The SMILES string of the molecule is Cc1ccc(CNC(=O)c2cn[nH]c2NC(=O)[C@H]2COCCO2)cc1. The van der Waals surface area contributed by atoms with Gasteiger partial charge in [-0.05, 0) is 12.5 Å².